The SMILES string of the molecule is C[C@@H]1COCCN1C(=O)c1cc(F)ccc1[N+](=O)[O-]. The number of halogens is 1. The molecule has 2 rings (SSSR count). The molecule has 1 fully saturated rings. The highest BCUT2D eigenvalue weighted by atomic mass is 19.1. The van der Waals surface area contributed by atoms with Crippen LogP contribution in [0.25, 0.3) is 0 Å². The summed E-state index contributed by atoms with van der Waals surface area (Å²) >= 11 is 0. The molecule has 6 nitrogen and oxygen atoms in total. The van der Waals surface area contributed by atoms with Gasteiger partial charge in [0.15, 0.2) is 0 Å². The molecule has 0 unspecified atom stereocenters. The van der Waals surface area contributed by atoms with Crippen LogP contribution < -0.4 is 0 Å². The summed E-state index contributed by atoms with van der Waals surface area (Å²) in [5.41, 5.74) is -0.608. The van der Waals surface area contributed by atoms with Gasteiger partial charge >= 0.3 is 0 Å². The van der Waals surface area contributed by atoms with Gasteiger partial charge in [0, 0.05) is 12.6 Å². The first-order chi connectivity index (χ1) is 9.00. The molecule has 0 aromatic heterocycles. The topological polar surface area (TPSA) is 72.7 Å². The van der Waals surface area contributed by atoms with E-state index >= 15 is 0 Å². The van der Waals surface area contributed by atoms with Crippen LogP contribution >= 0.6 is 0 Å². The van der Waals surface area contributed by atoms with Gasteiger partial charge in [-0.05, 0) is 19.1 Å². The van der Waals surface area contributed by atoms with E-state index in [1.54, 1.807) is 6.92 Å². The maximum absolute atomic E-state index is 13.2. The number of nitrogens with zero attached hydrogens (tertiary/aromatic N) is 2. The first-order valence-corrected chi connectivity index (χ1v) is 5.83. The molecule has 1 atom stereocenters. The highest BCUT2D eigenvalue weighted by Crippen LogP contribution is 2.23. The van der Waals surface area contributed by atoms with Crippen LogP contribution in [0.1, 0.15) is 17.3 Å². The number of morpholine rings is 1. The molecule has 1 aromatic carbocycles. The molecule has 1 amide bonds. The van der Waals surface area contributed by atoms with Gasteiger partial charge < -0.3 is 9.64 Å². The van der Waals surface area contributed by atoms with Crippen LogP contribution in [0.4, 0.5) is 10.1 Å². The molecule has 1 heterocycles. The Morgan fingerprint density at radius 1 is 1.58 bits per heavy atom. The summed E-state index contributed by atoms with van der Waals surface area (Å²) in [6, 6.07) is 2.69. The van der Waals surface area contributed by atoms with Crippen LogP contribution in [0.3, 0.4) is 0 Å². The smallest absolute Gasteiger partial charge is 0.282 e. The summed E-state index contributed by atoms with van der Waals surface area (Å²) in [5.74, 6) is -1.21. The molecule has 0 spiro atoms. The average Bonchev–Trinajstić information content (AvgIpc) is 2.38. The summed E-state index contributed by atoms with van der Waals surface area (Å²) in [5, 5.41) is 10.9. The minimum Gasteiger partial charge on any atom is -0.377 e. The fraction of sp³-hybridized carbons (Fsp3) is 0.417. The Kier molecular flexibility index (Phi) is 3.75. The van der Waals surface area contributed by atoms with Crippen LogP contribution in [-0.2, 0) is 4.74 Å². The molecule has 0 bridgehead atoms. The van der Waals surface area contributed by atoms with E-state index in [4.69, 9.17) is 4.74 Å². The Labute approximate surface area is 108 Å². The largest absolute Gasteiger partial charge is 0.377 e. The Hall–Kier alpha value is -2.02. The molecule has 0 radical (unpaired) electrons. The third kappa shape index (κ3) is 2.70. The van der Waals surface area contributed by atoms with E-state index in [1.807, 2.05) is 0 Å². The molecule has 19 heavy (non-hydrogen) atoms. The summed E-state index contributed by atoms with van der Waals surface area (Å²) in [6.45, 7) is 2.86. The van der Waals surface area contributed by atoms with Crippen molar-refractivity contribution in [2.24, 2.45) is 0 Å². The Morgan fingerprint density at radius 3 is 2.95 bits per heavy atom. The maximum Gasteiger partial charge on any atom is 0.282 e. The molecule has 1 saturated heterocycles. The number of hydrogen-bond donors (Lipinski definition) is 0. The van der Waals surface area contributed by atoms with E-state index in [1.165, 1.54) is 4.90 Å². The minimum atomic E-state index is -0.683. The van der Waals surface area contributed by atoms with E-state index in [0.29, 0.717) is 19.8 Å². The third-order valence-electron chi connectivity index (χ3n) is 3.01. The van der Waals surface area contributed by atoms with E-state index in [2.05, 4.69) is 0 Å². The van der Waals surface area contributed by atoms with Gasteiger partial charge in [-0.25, -0.2) is 4.39 Å². The first kappa shape index (κ1) is 13.4. The number of nitro benzene ring substituents is 1. The average molecular weight is 268 g/mol. The molecule has 1 aromatic rings. The van der Waals surface area contributed by atoms with Gasteiger partial charge in [-0.2, -0.15) is 0 Å². The number of carbonyl (C=O) groups is 1. The van der Waals surface area contributed by atoms with E-state index < -0.39 is 16.6 Å². The van der Waals surface area contributed by atoms with Gasteiger partial charge in [0.05, 0.1) is 24.2 Å². The molecule has 1 aliphatic rings. The predicted molar refractivity (Wildman–Crippen MR) is 64.4 cm³/mol. The molecule has 0 saturated carbocycles. The zero-order chi connectivity index (χ0) is 14.0. The molecule has 7 heteroatoms. The molecule has 0 N–H and O–H groups in total. The molecular weight excluding hydrogens is 255 g/mol. The lowest BCUT2D eigenvalue weighted by atomic mass is 10.1. The maximum atomic E-state index is 13.2. The van der Waals surface area contributed by atoms with Crippen LogP contribution in [0.15, 0.2) is 18.2 Å². The Balaban J connectivity index is 2.37. The van der Waals surface area contributed by atoms with E-state index in [9.17, 15) is 19.3 Å². The van der Waals surface area contributed by atoms with Gasteiger partial charge in [0.1, 0.15) is 11.4 Å². The number of amides is 1. The van der Waals surface area contributed by atoms with Crippen molar-refractivity contribution in [3.8, 4) is 0 Å². The van der Waals surface area contributed by atoms with Gasteiger partial charge in [-0.3, -0.25) is 14.9 Å². The van der Waals surface area contributed by atoms with Crippen molar-refractivity contribution in [2.45, 2.75) is 13.0 Å². The molecule has 102 valence electrons. The lowest BCUT2D eigenvalue weighted by Crippen LogP contribution is -2.47. The van der Waals surface area contributed by atoms with Crippen molar-refractivity contribution in [3.63, 3.8) is 0 Å². The third-order valence-corrected chi connectivity index (χ3v) is 3.01. The second-order valence-electron chi connectivity index (χ2n) is 4.34. The number of benzene rings is 1. The molecule has 0 aliphatic carbocycles. The van der Waals surface area contributed by atoms with Gasteiger partial charge in [0.2, 0.25) is 0 Å². The number of carbonyl (C=O) groups excluding carboxylic acids is 1. The summed E-state index contributed by atoms with van der Waals surface area (Å²) in [4.78, 5) is 24.0. The Bertz CT molecular complexity index is 520. The van der Waals surface area contributed by atoms with Gasteiger partial charge in [-0.15, -0.1) is 0 Å². The van der Waals surface area contributed by atoms with Gasteiger partial charge in [-0.1, -0.05) is 0 Å². The standard InChI is InChI=1S/C12H13FN2O4/c1-8-7-19-5-4-14(8)12(16)10-6-9(13)2-3-11(10)15(17)18/h2-3,6,8H,4-5,7H2,1H3/t8-/m1/s1. The normalized spacial score (nSPS) is 19.3. The van der Waals surface area contributed by atoms with Crippen molar-refractivity contribution < 1.29 is 18.8 Å². The number of hydrogen-bond acceptors (Lipinski definition) is 4. The quantitative estimate of drug-likeness (QED) is 0.603. The summed E-state index contributed by atoms with van der Waals surface area (Å²) < 4.78 is 18.4. The van der Waals surface area contributed by atoms with Crippen molar-refractivity contribution in [1.82, 2.24) is 4.90 Å². The second kappa shape index (κ2) is 5.31. The highest BCUT2D eigenvalue weighted by Gasteiger charge is 2.29. The number of nitro groups is 1. The lowest BCUT2D eigenvalue weighted by molar-refractivity contribution is -0.385. The van der Waals surface area contributed by atoms with Crippen molar-refractivity contribution >= 4 is 11.6 Å². The number of rotatable bonds is 2. The fourth-order valence-corrected chi connectivity index (χ4v) is 2.02. The number of ether oxygens (including phenoxy) is 1. The summed E-state index contributed by atoms with van der Waals surface area (Å²) in [7, 11) is 0. The van der Waals surface area contributed by atoms with Gasteiger partial charge in [0.25, 0.3) is 11.6 Å². The monoisotopic (exact) mass is 268 g/mol. The molecule has 1 aliphatic heterocycles. The minimum absolute atomic E-state index is 0.191. The molecular formula is C12H13FN2O4. The predicted octanol–water partition coefficient (Wildman–Crippen LogP) is 1.59. The lowest BCUT2D eigenvalue weighted by Gasteiger charge is -2.33. The summed E-state index contributed by atoms with van der Waals surface area (Å²) in [6.07, 6.45) is 0. The van der Waals surface area contributed by atoms with Crippen molar-refractivity contribution in [2.75, 3.05) is 19.8 Å². The fourth-order valence-electron chi connectivity index (χ4n) is 2.02. The van der Waals surface area contributed by atoms with Crippen LogP contribution in [0.5, 0.6) is 0 Å². The second-order valence-corrected chi connectivity index (χ2v) is 4.34. The van der Waals surface area contributed by atoms with Crippen molar-refractivity contribution in [3.05, 3.63) is 39.7 Å². The van der Waals surface area contributed by atoms with Crippen LogP contribution in [0, 0.1) is 15.9 Å². The zero-order valence-electron chi connectivity index (χ0n) is 10.3. The highest BCUT2D eigenvalue weighted by molar-refractivity contribution is 5.98. The zero-order valence-corrected chi connectivity index (χ0v) is 10.3. The van der Waals surface area contributed by atoms with E-state index in [-0.39, 0.29) is 17.3 Å². The van der Waals surface area contributed by atoms with Crippen LogP contribution in [0.2, 0.25) is 0 Å². The Morgan fingerprint density at radius 2 is 2.32 bits per heavy atom. The van der Waals surface area contributed by atoms with Crippen molar-refractivity contribution in [1.29, 1.82) is 0 Å². The first-order valence-electron chi connectivity index (χ1n) is 5.83. The van der Waals surface area contributed by atoms with E-state index in [0.717, 1.165) is 18.2 Å². The van der Waals surface area contributed by atoms with Crippen LogP contribution in [-0.4, -0.2) is 41.5 Å².